The van der Waals surface area contributed by atoms with Crippen LogP contribution in [0.3, 0.4) is 0 Å². The quantitative estimate of drug-likeness (QED) is 0.479. The summed E-state index contributed by atoms with van der Waals surface area (Å²) in [6.07, 6.45) is 13.6. The van der Waals surface area contributed by atoms with Gasteiger partial charge in [0, 0.05) is 30.4 Å². The van der Waals surface area contributed by atoms with Gasteiger partial charge in [-0.15, -0.1) is 0 Å². The van der Waals surface area contributed by atoms with Crippen molar-refractivity contribution in [2.45, 2.75) is 57.6 Å². The maximum atomic E-state index is 10.3. The second kappa shape index (κ2) is 7.28. The lowest BCUT2D eigenvalue weighted by atomic mass is 9.72. The molecule has 1 aromatic carbocycles. The van der Waals surface area contributed by atoms with Gasteiger partial charge in [-0.1, -0.05) is 24.3 Å². The van der Waals surface area contributed by atoms with Crippen molar-refractivity contribution in [3.63, 3.8) is 0 Å². The number of imidazole rings is 2. The number of allylic oxidation sites excluding steroid dienone is 4. The Morgan fingerprint density at radius 3 is 2.82 bits per heavy atom. The number of aliphatic hydroxyl groups is 1. The van der Waals surface area contributed by atoms with Crippen molar-refractivity contribution in [3.8, 4) is 11.3 Å². The number of nitrogens with two attached hydrogens (primary N) is 1. The lowest BCUT2D eigenvalue weighted by Crippen LogP contribution is -2.40. The van der Waals surface area contributed by atoms with Gasteiger partial charge in [0.25, 0.3) is 0 Å². The Morgan fingerprint density at radius 1 is 1.24 bits per heavy atom. The van der Waals surface area contributed by atoms with Gasteiger partial charge in [0.1, 0.15) is 28.7 Å². The molecule has 4 aromatic rings. The molecule has 7 heteroatoms. The Balaban J connectivity index is 1.50. The van der Waals surface area contributed by atoms with Gasteiger partial charge in [-0.2, -0.15) is 0 Å². The topological polar surface area (TPSA) is 94.3 Å². The molecule has 0 atom stereocenters. The maximum absolute atomic E-state index is 10.3. The van der Waals surface area contributed by atoms with E-state index in [4.69, 9.17) is 15.7 Å². The molecule has 0 amide bonds. The second-order valence-electron chi connectivity index (χ2n) is 9.49. The molecule has 0 saturated heterocycles. The number of aromatic nitrogens is 5. The van der Waals surface area contributed by atoms with E-state index in [2.05, 4.69) is 52.9 Å². The van der Waals surface area contributed by atoms with Gasteiger partial charge in [0.15, 0.2) is 0 Å². The largest absolute Gasteiger partial charge is 0.390 e. The van der Waals surface area contributed by atoms with E-state index in [-0.39, 0.29) is 5.92 Å². The first-order valence-electron chi connectivity index (χ1n) is 11.7. The molecule has 3 N–H and O–H groups in total. The standard InChI is InChI=1S/C26H28N6O/c1-3-31-20-10-9-17(13-19(20)29-24(31)16-7-5-4-6-8-16)21-22-23(27)28-11-12-32(22)25(30-21)18-14-26(2,33)15-18/h4-5,7,9-13,18,33H,3,6,8,14-15H2,1-2H3,(H2,27,28). The molecule has 33 heavy (non-hydrogen) atoms. The van der Waals surface area contributed by atoms with Gasteiger partial charge in [0.2, 0.25) is 0 Å². The zero-order valence-corrected chi connectivity index (χ0v) is 19.0. The number of nitrogens with zero attached hydrogens (tertiary/aromatic N) is 5. The minimum atomic E-state index is -0.624. The maximum Gasteiger partial charge on any atom is 0.150 e. The molecule has 6 rings (SSSR count). The van der Waals surface area contributed by atoms with Crippen molar-refractivity contribution in [3.05, 3.63) is 60.5 Å². The lowest BCUT2D eigenvalue weighted by Gasteiger charge is -2.40. The predicted octanol–water partition coefficient (Wildman–Crippen LogP) is 4.71. The summed E-state index contributed by atoms with van der Waals surface area (Å²) >= 11 is 0. The first-order valence-corrected chi connectivity index (χ1v) is 11.7. The van der Waals surface area contributed by atoms with Crippen LogP contribution in [0.5, 0.6) is 0 Å². The predicted molar refractivity (Wildman–Crippen MR) is 131 cm³/mol. The first-order chi connectivity index (χ1) is 15.9. The van der Waals surface area contributed by atoms with Crippen molar-refractivity contribution in [2.24, 2.45) is 0 Å². The van der Waals surface area contributed by atoms with Crippen LogP contribution < -0.4 is 5.73 Å². The average Bonchev–Trinajstić information content (AvgIpc) is 3.37. The number of anilines is 1. The number of benzene rings is 1. The Labute approximate surface area is 192 Å². The van der Waals surface area contributed by atoms with E-state index >= 15 is 0 Å². The van der Waals surface area contributed by atoms with E-state index in [1.807, 2.05) is 17.5 Å². The summed E-state index contributed by atoms with van der Waals surface area (Å²) in [6.45, 7) is 4.90. The van der Waals surface area contributed by atoms with E-state index in [9.17, 15) is 5.11 Å². The van der Waals surface area contributed by atoms with Crippen LogP contribution >= 0.6 is 0 Å². The Morgan fingerprint density at radius 2 is 2.09 bits per heavy atom. The molecule has 0 unspecified atom stereocenters. The SMILES string of the molecule is CCn1c(C2=CC=CCC2)nc2cc(-c3nc(C4CC(C)(O)C4)n4ccnc(N)c34)ccc21. The number of hydrogen-bond acceptors (Lipinski definition) is 5. The number of hydrogen-bond donors (Lipinski definition) is 2. The number of nitrogen functional groups attached to an aromatic ring is 1. The smallest absolute Gasteiger partial charge is 0.150 e. The number of aryl methyl sites for hydroxylation is 1. The highest BCUT2D eigenvalue weighted by molar-refractivity contribution is 5.90. The molecule has 1 saturated carbocycles. The zero-order valence-electron chi connectivity index (χ0n) is 19.0. The molecule has 7 nitrogen and oxygen atoms in total. The Kier molecular flexibility index (Phi) is 4.45. The molecule has 3 heterocycles. The molecule has 168 valence electrons. The third-order valence-electron chi connectivity index (χ3n) is 6.99. The number of fused-ring (bicyclic) bond motifs is 2. The highest BCUT2D eigenvalue weighted by atomic mass is 16.3. The second-order valence-corrected chi connectivity index (χ2v) is 9.49. The molecule has 0 spiro atoms. The van der Waals surface area contributed by atoms with Gasteiger partial charge in [-0.3, -0.25) is 4.40 Å². The van der Waals surface area contributed by atoms with Crippen LogP contribution in [0.15, 0.2) is 48.8 Å². The molecule has 1 fully saturated rings. The van der Waals surface area contributed by atoms with Gasteiger partial charge in [0.05, 0.1) is 16.6 Å². The van der Waals surface area contributed by atoms with Crippen LogP contribution in [-0.4, -0.2) is 34.6 Å². The van der Waals surface area contributed by atoms with Crippen LogP contribution in [0, 0.1) is 0 Å². The number of rotatable bonds is 4. The molecule has 0 aliphatic heterocycles. The summed E-state index contributed by atoms with van der Waals surface area (Å²) in [7, 11) is 0. The molecule has 3 aromatic heterocycles. The van der Waals surface area contributed by atoms with Crippen molar-refractivity contribution in [2.75, 3.05) is 5.73 Å². The molecular weight excluding hydrogens is 412 g/mol. The van der Waals surface area contributed by atoms with Crippen LogP contribution in [0.1, 0.15) is 57.1 Å². The van der Waals surface area contributed by atoms with Crippen LogP contribution in [0.25, 0.3) is 33.4 Å². The lowest BCUT2D eigenvalue weighted by molar-refractivity contribution is -0.0335. The zero-order chi connectivity index (χ0) is 22.7. The fraction of sp³-hybridized carbons (Fsp3) is 0.346. The van der Waals surface area contributed by atoms with E-state index in [0.717, 1.165) is 58.8 Å². The van der Waals surface area contributed by atoms with Gasteiger partial charge < -0.3 is 15.4 Å². The molecule has 0 radical (unpaired) electrons. The van der Waals surface area contributed by atoms with Gasteiger partial charge >= 0.3 is 0 Å². The molecule has 0 bridgehead atoms. The Hall–Kier alpha value is -3.45. The monoisotopic (exact) mass is 440 g/mol. The first kappa shape index (κ1) is 20.2. The van der Waals surface area contributed by atoms with E-state index in [1.54, 1.807) is 6.20 Å². The van der Waals surface area contributed by atoms with Crippen LogP contribution in [0.2, 0.25) is 0 Å². The third-order valence-corrected chi connectivity index (χ3v) is 6.99. The fourth-order valence-corrected chi connectivity index (χ4v) is 5.39. The van der Waals surface area contributed by atoms with E-state index in [1.165, 1.54) is 5.57 Å². The third kappa shape index (κ3) is 3.18. The Bertz CT molecular complexity index is 1450. The molecule has 2 aliphatic rings. The van der Waals surface area contributed by atoms with Crippen molar-refractivity contribution >= 4 is 27.9 Å². The van der Waals surface area contributed by atoms with Crippen molar-refractivity contribution in [1.29, 1.82) is 0 Å². The normalized spacial score (nSPS) is 22.6. The highest BCUT2D eigenvalue weighted by Gasteiger charge is 2.41. The van der Waals surface area contributed by atoms with Gasteiger partial charge in [-0.25, -0.2) is 15.0 Å². The van der Waals surface area contributed by atoms with E-state index < -0.39 is 5.60 Å². The van der Waals surface area contributed by atoms with Crippen molar-refractivity contribution in [1.82, 2.24) is 23.9 Å². The summed E-state index contributed by atoms with van der Waals surface area (Å²) in [5.74, 6) is 2.63. The summed E-state index contributed by atoms with van der Waals surface area (Å²) in [6, 6.07) is 6.35. The van der Waals surface area contributed by atoms with Crippen LogP contribution in [-0.2, 0) is 6.54 Å². The molecule has 2 aliphatic carbocycles. The van der Waals surface area contributed by atoms with Crippen molar-refractivity contribution < 1.29 is 5.11 Å². The summed E-state index contributed by atoms with van der Waals surface area (Å²) in [5, 5.41) is 10.3. The molecular formula is C26H28N6O. The minimum Gasteiger partial charge on any atom is -0.390 e. The fourth-order valence-electron chi connectivity index (χ4n) is 5.39. The summed E-state index contributed by atoms with van der Waals surface area (Å²) in [4.78, 5) is 14.4. The summed E-state index contributed by atoms with van der Waals surface area (Å²) < 4.78 is 4.32. The van der Waals surface area contributed by atoms with Crippen LogP contribution in [0.4, 0.5) is 5.82 Å². The minimum absolute atomic E-state index is 0.198. The van der Waals surface area contributed by atoms with E-state index in [0.29, 0.717) is 18.7 Å². The summed E-state index contributed by atoms with van der Waals surface area (Å²) in [5.41, 5.74) is 11.7. The average molecular weight is 441 g/mol. The highest BCUT2D eigenvalue weighted by Crippen LogP contribution is 2.45. The van der Waals surface area contributed by atoms with Gasteiger partial charge in [-0.05, 0) is 57.2 Å².